The van der Waals surface area contributed by atoms with Crippen LogP contribution >= 0.6 is 35.3 Å². The minimum atomic E-state index is -0.668. The van der Waals surface area contributed by atoms with E-state index in [1.807, 2.05) is 57.0 Å². The molecule has 0 aliphatic rings. The molecule has 0 bridgehead atoms. The minimum Gasteiger partial charge on any atom is -0.491 e. The van der Waals surface area contributed by atoms with Gasteiger partial charge in [0.25, 0.3) is 0 Å². The van der Waals surface area contributed by atoms with Gasteiger partial charge in [0.15, 0.2) is 5.96 Å². The van der Waals surface area contributed by atoms with Crippen LogP contribution in [0.2, 0.25) is 0 Å². The van der Waals surface area contributed by atoms with E-state index in [1.54, 1.807) is 11.3 Å². The average molecular weight is 504 g/mol. The summed E-state index contributed by atoms with van der Waals surface area (Å²) in [5, 5.41) is 16.5. The Kier molecular flexibility index (Phi) is 10.6. The second kappa shape index (κ2) is 12.1. The van der Waals surface area contributed by atoms with Crippen molar-refractivity contribution in [1.82, 2.24) is 15.2 Å². The van der Waals surface area contributed by atoms with E-state index in [0.717, 1.165) is 34.5 Å². The zero-order chi connectivity index (χ0) is 18.9. The number of aryl methyl sites for hydroxylation is 2. The monoisotopic (exact) mass is 504 g/mol. The molecule has 1 aromatic carbocycles. The summed E-state index contributed by atoms with van der Waals surface area (Å²) in [6, 6.07) is 7.78. The summed E-state index contributed by atoms with van der Waals surface area (Å²) in [7, 11) is 1.96. The first-order valence-corrected chi connectivity index (χ1v) is 9.64. The summed E-state index contributed by atoms with van der Waals surface area (Å²) in [5.41, 5.74) is 2.15. The van der Waals surface area contributed by atoms with Crippen LogP contribution in [0.5, 0.6) is 5.75 Å². The summed E-state index contributed by atoms with van der Waals surface area (Å²) < 4.78 is 5.64. The lowest BCUT2D eigenvalue weighted by Crippen LogP contribution is -2.39. The van der Waals surface area contributed by atoms with Crippen molar-refractivity contribution < 1.29 is 9.84 Å². The highest BCUT2D eigenvalue weighted by Gasteiger charge is 2.11. The van der Waals surface area contributed by atoms with Crippen LogP contribution in [0.15, 0.2) is 34.6 Å². The molecule has 0 spiro atoms. The Labute approximate surface area is 182 Å². The van der Waals surface area contributed by atoms with E-state index in [0.29, 0.717) is 6.54 Å². The molecular formula is C19H29IN4O2S. The van der Waals surface area contributed by atoms with Crippen molar-refractivity contribution in [2.75, 3.05) is 26.7 Å². The first-order valence-electron chi connectivity index (χ1n) is 8.76. The maximum absolute atomic E-state index is 10.2. The highest BCUT2D eigenvalue weighted by atomic mass is 127. The number of ether oxygens (including phenoxy) is 1. The van der Waals surface area contributed by atoms with Gasteiger partial charge in [0.2, 0.25) is 0 Å². The lowest BCUT2D eigenvalue weighted by atomic mass is 10.2. The van der Waals surface area contributed by atoms with Crippen LogP contribution in [-0.4, -0.2) is 53.8 Å². The molecule has 1 aromatic heterocycles. The van der Waals surface area contributed by atoms with E-state index in [1.165, 1.54) is 0 Å². The summed E-state index contributed by atoms with van der Waals surface area (Å²) >= 11 is 1.64. The van der Waals surface area contributed by atoms with Crippen LogP contribution in [0.1, 0.15) is 23.2 Å². The van der Waals surface area contributed by atoms with Gasteiger partial charge < -0.3 is 20.1 Å². The van der Waals surface area contributed by atoms with Gasteiger partial charge in [-0.3, -0.25) is 4.99 Å². The van der Waals surface area contributed by atoms with Gasteiger partial charge in [-0.2, -0.15) is 0 Å². The van der Waals surface area contributed by atoms with Crippen molar-refractivity contribution in [1.29, 1.82) is 0 Å². The third-order valence-electron chi connectivity index (χ3n) is 3.65. The highest BCUT2D eigenvalue weighted by Crippen LogP contribution is 2.13. The number of aromatic nitrogens is 1. The first kappa shape index (κ1) is 23.6. The number of aliphatic imine (C=N–C) groups is 1. The Morgan fingerprint density at radius 2 is 2.19 bits per heavy atom. The summed E-state index contributed by atoms with van der Waals surface area (Å²) in [6.45, 7) is 7.94. The van der Waals surface area contributed by atoms with Gasteiger partial charge in [-0.1, -0.05) is 12.1 Å². The van der Waals surface area contributed by atoms with E-state index < -0.39 is 6.10 Å². The third kappa shape index (κ3) is 8.44. The zero-order valence-electron chi connectivity index (χ0n) is 16.3. The number of nitrogens with one attached hydrogen (secondary N) is 1. The molecule has 0 fully saturated rings. The molecule has 0 radical (unpaired) electrons. The summed E-state index contributed by atoms with van der Waals surface area (Å²) in [4.78, 5) is 11.0. The van der Waals surface area contributed by atoms with Gasteiger partial charge in [0.05, 0.1) is 23.8 Å². The number of halogens is 1. The Balaban J connectivity index is 0.00000364. The molecule has 0 aliphatic heterocycles. The van der Waals surface area contributed by atoms with Crippen molar-refractivity contribution in [2.45, 2.75) is 33.4 Å². The fraction of sp³-hybridized carbons (Fsp3) is 0.474. The van der Waals surface area contributed by atoms with Crippen LogP contribution in [-0.2, 0) is 6.54 Å². The Hall–Kier alpha value is -1.39. The highest BCUT2D eigenvalue weighted by molar-refractivity contribution is 14.0. The standard InChI is InChI=1S/C19H28N4O2S.HI/c1-5-20-19(23(4)11-16-13-26-15(3)22-16)21-10-17(24)12-25-18-8-6-7-14(2)9-18;/h6-9,13,17,24H,5,10-12H2,1-4H3,(H,20,21);1H. The number of hydrogen-bond donors (Lipinski definition) is 2. The molecule has 2 aromatic rings. The van der Waals surface area contributed by atoms with Gasteiger partial charge in [0, 0.05) is 19.0 Å². The number of benzene rings is 1. The van der Waals surface area contributed by atoms with Crippen LogP contribution < -0.4 is 10.1 Å². The topological polar surface area (TPSA) is 70.0 Å². The number of thiazole rings is 1. The fourth-order valence-electron chi connectivity index (χ4n) is 2.41. The SMILES string of the molecule is CCNC(=NCC(O)COc1cccc(C)c1)N(C)Cc1csc(C)n1.I. The smallest absolute Gasteiger partial charge is 0.194 e. The number of nitrogens with zero attached hydrogens (tertiary/aromatic N) is 3. The second-order valence-corrected chi connectivity index (χ2v) is 7.25. The second-order valence-electron chi connectivity index (χ2n) is 6.19. The van der Waals surface area contributed by atoms with Gasteiger partial charge >= 0.3 is 0 Å². The number of guanidine groups is 1. The molecule has 150 valence electrons. The molecule has 8 heteroatoms. The molecule has 1 atom stereocenters. The maximum atomic E-state index is 10.2. The molecule has 2 N–H and O–H groups in total. The van der Waals surface area contributed by atoms with E-state index >= 15 is 0 Å². The zero-order valence-corrected chi connectivity index (χ0v) is 19.5. The largest absolute Gasteiger partial charge is 0.491 e. The van der Waals surface area contributed by atoms with Crippen molar-refractivity contribution in [3.63, 3.8) is 0 Å². The Morgan fingerprint density at radius 3 is 2.81 bits per heavy atom. The molecule has 0 saturated carbocycles. The molecule has 27 heavy (non-hydrogen) atoms. The van der Waals surface area contributed by atoms with Crippen molar-refractivity contribution in [3.05, 3.63) is 45.9 Å². The van der Waals surface area contributed by atoms with Crippen LogP contribution in [0, 0.1) is 13.8 Å². The van der Waals surface area contributed by atoms with Crippen LogP contribution in [0.4, 0.5) is 0 Å². The predicted molar refractivity (Wildman–Crippen MR) is 122 cm³/mol. The van der Waals surface area contributed by atoms with Crippen molar-refractivity contribution in [2.24, 2.45) is 4.99 Å². The average Bonchev–Trinajstić information content (AvgIpc) is 3.01. The quantitative estimate of drug-likeness (QED) is 0.328. The summed E-state index contributed by atoms with van der Waals surface area (Å²) in [5.74, 6) is 1.50. The Morgan fingerprint density at radius 1 is 1.41 bits per heavy atom. The number of rotatable bonds is 8. The van der Waals surface area contributed by atoms with Crippen molar-refractivity contribution in [3.8, 4) is 5.75 Å². The molecule has 6 nitrogen and oxygen atoms in total. The molecular weight excluding hydrogens is 475 g/mol. The van der Waals surface area contributed by atoms with Gasteiger partial charge in [-0.25, -0.2) is 4.98 Å². The third-order valence-corrected chi connectivity index (χ3v) is 4.47. The molecule has 1 unspecified atom stereocenters. The maximum Gasteiger partial charge on any atom is 0.194 e. The molecule has 2 rings (SSSR count). The van der Waals surface area contributed by atoms with E-state index in [9.17, 15) is 5.11 Å². The first-order chi connectivity index (χ1) is 12.5. The molecule has 0 amide bonds. The summed E-state index contributed by atoms with van der Waals surface area (Å²) in [6.07, 6.45) is -0.668. The minimum absolute atomic E-state index is 0. The van der Waals surface area contributed by atoms with E-state index in [2.05, 4.69) is 20.7 Å². The number of aliphatic hydroxyl groups excluding tert-OH is 1. The fourth-order valence-corrected chi connectivity index (χ4v) is 3.01. The molecule has 0 saturated heterocycles. The number of aliphatic hydroxyl groups is 1. The molecule has 1 heterocycles. The van der Waals surface area contributed by atoms with Crippen LogP contribution in [0.25, 0.3) is 0 Å². The van der Waals surface area contributed by atoms with Gasteiger partial charge in [-0.05, 0) is 38.5 Å². The van der Waals surface area contributed by atoms with Crippen LogP contribution in [0.3, 0.4) is 0 Å². The normalized spacial score (nSPS) is 12.3. The lowest BCUT2D eigenvalue weighted by molar-refractivity contribution is 0.114. The van der Waals surface area contributed by atoms with E-state index in [4.69, 9.17) is 4.74 Å². The van der Waals surface area contributed by atoms with Crippen molar-refractivity contribution >= 4 is 41.3 Å². The van der Waals surface area contributed by atoms with E-state index in [-0.39, 0.29) is 37.1 Å². The lowest BCUT2D eigenvalue weighted by Gasteiger charge is -2.21. The van der Waals surface area contributed by atoms with Gasteiger partial charge in [-0.15, -0.1) is 35.3 Å². The molecule has 0 aliphatic carbocycles. The predicted octanol–water partition coefficient (Wildman–Crippen LogP) is 3.22. The van der Waals surface area contributed by atoms with Gasteiger partial charge in [0.1, 0.15) is 18.5 Å². The Bertz CT molecular complexity index is 723. The number of hydrogen-bond acceptors (Lipinski definition) is 5.